The molecular weight excluding hydrogens is 364 g/mol. The highest BCUT2D eigenvalue weighted by molar-refractivity contribution is 7.13. The van der Waals surface area contributed by atoms with Crippen molar-refractivity contribution in [3.63, 3.8) is 0 Å². The smallest absolute Gasteiger partial charge is 0.272 e. The number of carbonyl (C=O) groups excluding carboxylic acids is 2. The van der Waals surface area contributed by atoms with Crippen LogP contribution < -0.4 is 5.73 Å². The van der Waals surface area contributed by atoms with E-state index in [9.17, 15) is 9.59 Å². The molecule has 1 aliphatic heterocycles. The van der Waals surface area contributed by atoms with Gasteiger partial charge in [0.1, 0.15) is 17.1 Å². The molecule has 0 bridgehead atoms. The van der Waals surface area contributed by atoms with Gasteiger partial charge in [-0.25, -0.2) is 0 Å². The van der Waals surface area contributed by atoms with E-state index in [0.29, 0.717) is 12.2 Å². The van der Waals surface area contributed by atoms with Crippen LogP contribution in [-0.4, -0.2) is 43.2 Å². The minimum atomic E-state index is -0.585. The van der Waals surface area contributed by atoms with Crippen molar-refractivity contribution < 1.29 is 9.59 Å². The lowest BCUT2D eigenvalue weighted by atomic mass is 9.98. The number of rotatable bonds is 4. The maximum Gasteiger partial charge on any atom is 0.272 e. The highest BCUT2D eigenvalue weighted by Gasteiger charge is 2.32. The molecule has 4 rings (SSSR count). The van der Waals surface area contributed by atoms with Crippen LogP contribution in [0.25, 0.3) is 10.6 Å². The van der Waals surface area contributed by atoms with Gasteiger partial charge in [-0.15, -0.1) is 11.3 Å². The summed E-state index contributed by atoms with van der Waals surface area (Å²) in [7, 11) is 1.78. The van der Waals surface area contributed by atoms with Gasteiger partial charge < -0.3 is 10.6 Å². The molecule has 3 N–H and O–H groups in total. The number of aryl methyl sites for hydroxylation is 1. The summed E-state index contributed by atoms with van der Waals surface area (Å²) in [6, 6.07) is 7.26. The summed E-state index contributed by atoms with van der Waals surface area (Å²) in [4.78, 5) is 27.5. The van der Waals surface area contributed by atoms with Gasteiger partial charge in [0.2, 0.25) is 0 Å². The minimum absolute atomic E-state index is 0.0762. The maximum absolute atomic E-state index is 13.3. The molecule has 0 spiro atoms. The molecule has 9 heteroatoms. The lowest BCUT2D eigenvalue weighted by Gasteiger charge is -2.35. The first-order chi connectivity index (χ1) is 13.0. The summed E-state index contributed by atoms with van der Waals surface area (Å²) in [5.74, 6) is -0.661. The van der Waals surface area contributed by atoms with Gasteiger partial charge in [-0.3, -0.25) is 19.4 Å². The van der Waals surface area contributed by atoms with E-state index in [1.807, 2.05) is 28.5 Å². The molecule has 3 aromatic heterocycles. The second-order valence-electron chi connectivity index (χ2n) is 6.60. The molecule has 1 fully saturated rings. The number of amides is 2. The number of likely N-dealkylation sites (tertiary alicyclic amines) is 1. The summed E-state index contributed by atoms with van der Waals surface area (Å²) in [6.07, 6.45) is 2.75. The number of carbonyl (C=O) groups is 2. The molecule has 0 aromatic carbocycles. The Bertz CT molecular complexity index is 974. The first-order valence-corrected chi connectivity index (χ1v) is 9.66. The predicted molar refractivity (Wildman–Crippen MR) is 101 cm³/mol. The van der Waals surface area contributed by atoms with Gasteiger partial charge >= 0.3 is 0 Å². The standard InChI is InChI=1S/C18H20N6O2S/c1-23-15(10-12(22-23)16-6-4-8-27-16)18(26)24-7-3-2-5-14(24)11-9-13(17(19)25)21-20-11/h4,6,8-10,14H,2-3,5,7H2,1H3,(H2,19,25)(H,20,21)/t14-/m0/s1. The van der Waals surface area contributed by atoms with Crippen molar-refractivity contribution in [2.24, 2.45) is 12.8 Å². The van der Waals surface area contributed by atoms with Gasteiger partial charge in [-0.1, -0.05) is 6.07 Å². The average molecular weight is 384 g/mol. The Morgan fingerprint density at radius 1 is 1.33 bits per heavy atom. The quantitative estimate of drug-likeness (QED) is 0.719. The monoisotopic (exact) mass is 384 g/mol. The Morgan fingerprint density at radius 3 is 2.89 bits per heavy atom. The van der Waals surface area contributed by atoms with Crippen LogP contribution in [0, 0.1) is 0 Å². The molecule has 0 aliphatic carbocycles. The number of aromatic amines is 1. The molecule has 1 atom stereocenters. The van der Waals surface area contributed by atoms with Crippen molar-refractivity contribution in [2.75, 3.05) is 6.54 Å². The van der Waals surface area contributed by atoms with Gasteiger partial charge in [-0.2, -0.15) is 10.2 Å². The van der Waals surface area contributed by atoms with Gasteiger partial charge in [0.25, 0.3) is 11.8 Å². The SMILES string of the molecule is Cn1nc(-c2cccs2)cc1C(=O)N1CCCC[C@H]1c1cc(C(N)=O)n[nH]1. The summed E-state index contributed by atoms with van der Waals surface area (Å²) < 4.78 is 1.63. The van der Waals surface area contributed by atoms with E-state index in [-0.39, 0.29) is 17.6 Å². The van der Waals surface area contributed by atoms with Crippen LogP contribution in [-0.2, 0) is 7.05 Å². The van der Waals surface area contributed by atoms with Crippen molar-refractivity contribution in [3.05, 3.63) is 46.7 Å². The predicted octanol–water partition coefficient (Wildman–Crippen LogP) is 2.34. The van der Waals surface area contributed by atoms with Crippen LogP contribution in [0.2, 0.25) is 0 Å². The third-order valence-corrected chi connectivity index (χ3v) is 5.74. The number of nitrogens with zero attached hydrogens (tertiary/aromatic N) is 4. The molecular formula is C18H20N6O2S. The molecule has 0 saturated carbocycles. The first kappa shape index (κ1) is 17.5. The largest absolute Gasteiger partial charge is 0.364 e. The fourth-order valence-electron chi connectivity index (χ4n) is 3.49. The van der Waals surface area contributed by atoms with Crippen molar-refractivity contribution in [2.45, 2.75) is 25.3 Å². The number of primary amides is 1. The summed E-state index contributed by atoms with van der Waals surface area (Å²) in [5, 5.41) is 13.3. The first-order valence-electron chi connectivity index (χ1n) is 8.78. The number of thiophene rings is 1. The van der Waals surface area contributed by atoms with Crippen molar-refractivity contribution in [1.29, 1.82) is 0 Å². The molecule has 1 aliphatic rings. The molecule has 27 heavy (non-hydrogen) atoms. The van der Waals surface area contributed by atoms with Crippen LogP contribution >= 0.6 is 11.3 Å². The number of aromatic nitrogens is 4. The lowest BCUT2D eigenvalue weighted by Crippen LogP contribution is -2.39. The average Bonchev–Trinajstić information content (AvgIpc) is 3.41. The Morgan fingerprint density at radius 2 is 2.19 bits per heavy atom. The highest BCUT2D eigenvalue weighted by Crippen LogP contribution is 2.32. The lowest BCUT2D eigenvalue weighted by molar-refractivity contribution is 0.0594. The van der Waals surface area contributed by atoms with Crippen molar-refractivity contribution in [1.82, 2.24) is 24.9 Å². The van der Waals surface area contributed by atoms with Crippen molar-refractivity contribution in [3.8, 4) is 10.6 Å². The van der Waals surface area contributed by atoms with Gasteiger partial charge in [-0.05, 0) is 42.8 Å². The number of hydrogen-bond donors (Lipinski definition) is 2. The maximum atomic E-state index is 13.3. The zero-order valence-corrected chi connectivity index (χ0v) is 15.7. The number of nitrogens with two attached hydrogens (primary N) is 1. The fraction of sp³-hybridized carbons (Fsp3) is 0.333. The van der Waals surface area contributed by atoms with Gasteiger partial charge in [0.15, 0.2) is 0 Å². The molecule has 0 unspecified atom stereocenters. The van der Waals surface area contributed by atoms with E-state index < -0.39 is 5.91 Å². The number of hydrogen-bond acceptors (Lipinski definition) is 5. The number of piperidine rings is 1. The third-order valence-electron chi connectivity index (χ3n) is 4.85. The molecule has 2 amide bonds. The topological polar surface area (TPSA) is 110 Å². The molecule has 3 aromatic rings. The van der Waals surface area contributed by atoms with E-state index in [0.717, 1.165) is 35.5 Å². The summed E-state index contributed by atoms with van der Waals surface area (Å²) in [5.41, 5.74) is 7.55. The number of H-pyrrole nitrogens is 1. The fourth-order valence-corrected chi connectivity index (χ4v) is 4.17. The molecule has 4 heterocycles. The van der Waals surface area contributed by atoms with Gasteiger partial charge in [0, 0.05) is 13.6 Å². The van der Waals surface area contributed by atoms with Crippen LogP contribution in [0.3, 0.4) is 0 Å². The highest BCUT2D eigenvalue weighted by atomic mass is 32.1. The van der Waals surface area contributed by atoms with E-state index in [1.54, 1.807) is 29.1 Å². The van der Waals surface area contributed by atoms with E-state index in [2.05, 4.69) is 15.3 Å². The molecule has 8 nitrogen and oxygen atoms in total. The Labute approximate surface area is 160 Å². The van der Waals surface area contributed by atoms with Crippen LogP contribution in [0.5, 0.6) is 0 Å². The van der Waals surface area contributed by atoms with Crippen LogP contribution in [0.15, 0.2) is 29.6 Å². The zero-order chi connectivity index (χ0) is 19.0. The summed E-state index contributed by atoms with van der Waals surface area (Å²) in [6.45, 7) is 0.647. The zero-order valence-electron chi connectivity index (χ0n) is 14.9. The van der Waals surface area contributed by atoms with Crippen LogP contribution in [0.4, 0.5) is 0 Å². The Balaban J connectivity index is 1.63. The second-order valence-corrected chi connectivity index (χ2v) is 7.55. The minimum Gasteiger partial charge on any atom is -0.364 e. The van der Waals surface area contributed by atoms with Gasteiger partial charge in [0.05, 0.1) is 16.6 Å². The molecule has 0 radical (unpaired) electrons. The van der Waals surface area contributed by atoms with E-state index in [1.165, 1.54) is 0 Å². The molecule has 140 valence electrons. The Kier molecular flexibility index (Phi) is 4.53. The normalized spacial score (nSPS) is 17.2. The summed E-state index contributed by atoms with van der Waals surface area (Å²) >= 11 is 1.59. The number of nitrogens with one attached hydrogen (secondary N) is 1. The molecule has 1 saturated heterocycles. The second kappa shape index (κ2) is 6.99. The van der Waals surface area contributed by atoms with E-state index >= 15 is 0 Å². The van der Waals surface area contributed by atoms with E-state index in [4.69, 9.17) is 5.73 Å². The van der Waals surface area contributed by atoms with Crippen molar-refractivity contribution >= 4 is 23.2 Å². The third kappa shape index (κ3) is 3.25. The van der Waals surface area contributed by atoms with Crippen LogP contribution in [0.1, 0.15) is 52.0 Å². The Hall–Kier alpha value is -2.94.